The number of pyridine rings is 2. The lowest BCUT2D eigenvalue weighted by Crippen LogP contribution is -2.43. The highest BCUT2D eigenvalue weighted by atomic mass is 16.5. The third-order valence-electron chi connectivity index (χ3n) is 5.39. The molecule has 4 heterocycles. The lowest BCUT2D eigenvalue weighted by Gasteiger charge is -2.27. The van der Waals surface area contributed by atoms with Crippen LogP contribution in [0.25, 0.3) is 0 Å². The minimum atomic E-state index is -1.04. The molecule has 1 aliphatic rings. The van der Waals surface area contributed by atoms with E-state index in [0.717, 1.165) is 16.2 Å². The van der Waals surface area contributed by atoms with Gasteiger partial charge in [0.15, 0.2) is 5.82 Å². The Bertz CT molecular complexity index is 1150. The molecule has 1 N–H and O–H groups in total. The summed E-state index contributed by atoms with van der Waals surface area (Å²) in [5.74, 6) is 1.08. The molecule has 0 aliphatic carbocycles. The van der Waals surface area contributed by atoms with Crippen LogP contribution in [-0.2, 0) is 16.8 Å². The topological polar surface area (TPSA) is 104 Å². The van der Waals surface area contributed by atoms with Gasteiger partial charge in [-0.05, 0) is 43.7 Å². The number of hydrogen-bond donors (Lipinski definition) is 1. The van der Waals surface area contributed by atoms with Gasteiger partial charge < -0.3 is 14.7 Å². The van der Waals surface area contributed by atoms with Crippen LogP contribution >= 0.6 is 0 Å². The minimum absolute atomic E-state index is 0.203. The molecule has 4 rings (SSSR count). The van der Waals surface area contributed by atoms with Crippen molar-refractivity contribution in [2.75, 3.05) is 10.2 Å². The highest BCUT2D eigenvalue weighted by Gasteiger charge is 2.52. The molecule has 3 aromatic heterocycles. The molecule has 1 aliphatic heterocycles. The summed E-state index contributed by atoms with van der Waals surface area (Å²) >= 11 is 0. The molecule has 3 amide bonds. The Morgan fingerprint density at radius 1 is 1.12 bits per heavy atom. The molecule has 0 radical (unpaired) electrons. The van der Waals surface area contributed by atoms with Crippen LogP contribution in [0.15, 0.2) is 53.4 Å². The first kappa shape index (κ1) is 21.5. The number of urea groups is 1. The van der Waals surface area contributed by atoms with Crippen LogP contribution in [0.1, 0.15) is 45.9 Å². The summed E-state index contributed by atoms with van der Waals surface area (Å²) in [7, 11) is 0. The predicted octanol–water partition coefficient (Wildman–Crippen LogP) is 4.25. The van der Waals surface area contributed by atoms with Gasteiger partial charge in [0.2, 0.25) is 0 Å². The first-order valence-corrected chi connectivity index (χ1v) is 10.3. The number of carbonyl (C=O) groups excluding carboxylic acids is 2. The Morgan fingerprint density at radius 3 is 2.56 bits per heavy atom. The average Bonchev–Trinajstić information content (AvgIpc) is 3.28. The van der Waals surface area contributed by atoms with Gasteiger partial charge in [-0.2, -0.15) is 0 Å². The Balaban J connectivity index is 1.58. The van der Waals surface area contributed by atoms with E-state index >= 15 is 0 Å². The number of nitrogens with one attached hydrogen (secondary N) is 1. The maximum absolute atomic E-state index is 13.3. The van der Waals surface area contributed by atoms with Crippen molar-refractivity contribution in [3.8, 4) is 0 Å². The Hall–Kier alpha value is -3.75. The van der Waals surface area contributed by atoms with Crippen molar-refractivity contribution in [1.82, 2.24) is 20.0 Å². The van der Waals surface area contributed by atoms with Crippen molar-refractivity contribution in [3.63, 3.8) is 0 Å². The van der Waals surface area contributed by atoms with E-state index in [1.807, 2.05) is 45.0 Å². The summed E-state index contributed by atoms with van der Waals surface area (Å²) in [5.41, 5.74) is 0.300. The number of aromatic nitrogens is 3. The summed E-state index contributed by atoms with van der Waals surface area (Å²) in [4.78, 5) is 37.5. The highest BCUT2D eigenvalue weighted by Crippen LogP contribution is 2.35. The maximum atomic E-state index is 13.3. The molecule has 0 unspecified atom stereocenters. The van der Waals surface area contributed by atoms with E-state index in [0.29, 0.717) is 11.6 Å². The third-order valence-corrected chi connectivity index (χ3v) is 5.39. The molecule has 0 spiro atoms. The fourth-order valence-corrected chi connectivity index (χ4v) is 3.44. The largest absolute Gasteiger partial charge is 0.359 e. The number of amides is 3. The van der Waals surface area contributed by atoms with Gasteiger partial charge in [0, 0.05) is 30.4 Å². The van der Waals surface area contributed by atoms with E-state index in [1.54, 1.807) is 38.5 Å². The van der Waals surface area contributed by atoms with Crippen LogP contribution in [0.3, 0.4) is 0 Å². The smallest absolute Gasteiger partial charge is 0.333 e. The molecule has 3 aromatic rings. The average molecular weight is 435 g/mol. The van der Waals surface area contributed by atoms with Crippen molar-refractivity contribution in [2.24, 2.45) is 0 Å². The Kier molecular flexibility index (Phi) is 5.20. The molecular formula is C23H26N6O3. The van der Waals surface area contributed by atoms with Crippen molar-refractivity contribution in [2.45, 2.75) is 52.1 Å². The highest BCUT2D eigenvalue weighted by molar-refractivity contribution is 6.22. The molecule has 32 heavy (non-hydrogen) atoms. The van der Waals surface area contributed by atoms with E-state index in [-0.39, 0.29) is 23.7 Å². The molecular weight excluding hydrogens is 408 g/mol. The van der Waals surface area contributed by atoms with Crippen LogP contribution in [0, 0.1) is 0 Å². The van der Waals surface area contributed by atoms with E-state index in [4.69, 9.17) is 4.52 Å². The zero-order valence-electron chi connectivity index (χ0n) is 18.8. The second kappa shape index (κ2) is 7.74. The first-order chi connectivity index (χ1) is 15.1. The van der Waals surface area contributed by atoms with Gasteiger partial charge in [-0.15, -0.1) is 0 Å². The predicted molar refractivity (Wildman–Crippen MR) is 119 cm³/mol. The molecule has 1 saturated heterocycles. The standard InChI is InChI=1S/C23H26N6O3/c1-22(2,3)17-12-19(27-32-17)29-20(30)23(4,5)28(21(29)31)14-15-8-10-25-18(11-15)26-16-7-6-9-24-13-16/h6-13H,14H2,1-5H3,(H,25,26). The summed E-state index contributed by atoms with van der Waals surface area (Å²) in [5, 5.41) is 7.17. The summed E-state index contributed by atoms with van der Waals surface area (Å²) in [6.45, 7) is 9.62. The molecule has 9 nitrogen and oxygen atoms in total. The van der Waals surface area contributed by atoms with Crippen molar-refractivity contribution < 1.29 is 14.1 Å². The number of anilines is 3. The molecule has 0 atom stereocenters. The molecule has 9 heteroatoms. The van der Waals surface area contributed by atoms with Crippen LogP contribution in [-0.4, -0.2) is 37.5 Å². The Labute approximate surface area is 186 Å². The van der Waals surface area contributed by atoms with Crippen molar-refractivity contribution in [3.05, 3.63) is 60.2 Å². The van der Waals surface area contributed by atoms with Crippen LogP contribution in [0.2, 0.25) is 0 Å². The summed E-state index contributed by atoms with van der Waals surface area (Å²) in [6, 6.07) is 8.59. The van der Waals surface area contributed by atoms with Gasteiger partial charge in [0.25, 0.3) is 5.91 Å². The Morgan fingerprint density at radius 2 is 1.91 bits per heavy atom. The van der Waals surface area contributed by atoms with Gasteiger partial charge in [-0.25, -0.2) is 14.7 Å². The third kappa shape index (κ3) is 3.93. The van der Waals surface area contributed by atoms with Crippen molar-refractivity contribution >= 4 is 29.3 Å². The number of imide groups is 1. The molecule has 0 bridgehead atoms. The van der Waals surface area contributed by atoms with Gasteiger partial charge in [0.1, 0.15) is 17.1 Å². The summed E-state index contributed by atoms with van der Waals surface area (Å²) in [6.07, 6.45) is 5.05. The SMILES string of the molecule is CC(C)(C)c1cc(N2C(=O)N(Cc3ccnc(Nc4cccnc4)c3)C(C)(C)C2=O)no1. The number of hydrogen-bond acceptors (Lipinski definition) is 7. The first-order valence-electron chi connectivity index (χ1n) is 10.3. The van der Waals surface area contributed by atoms with Gasteiger partial charge in [-0.1, -0.05) is 25.9 Å². The van der Waals surface area contributed by atoms with Crippen molar-refractivity contribution in [1.29, 1.82) is 0 Å². The van der Waals surface area contributed by atoms with Crippen LogP contribution < -0.4 is 10.2 Å². The molecule has 1 fully saturated rings. The lowest BCUT2D eigenvalue weighted by atomic mass is 9.93. The van der Waals surface area contributed by atoms with Gasteiger partial charge in [0.05, 0.1) is 11.9 Å². The van der Waals surface area contributed by atoms with Crippen LogP contribution in [0.4, 0.5) is 22.1 Å². The lowest BCUT2D eigenvalue weighted by molar-refractivity contribution is -0.123. The number of nitrogens with zero attached hydrogens (tertiary/aromatic N) is 5. The van der Waals surface area contributed by atoms with E-state index in [9.17, 15) is 9.59 Å². The quantitative estimate of drug-likeness (QED) is 0.599. The molecule has 166 valence electrons. The zero-order chi connectivity index (χ0) is 23.1. The fourth-order valence-electron chi connectivity index (χ4n) is 3.44. The van der Waals surface area contributed by atoms with E-state index < -0.39 is 11.6 Å². The van der Waals surface area contributed by atoms with Crippen LogP contribution in [0.5, 0.6) is 0 Å². The van der Waals surface area contributed by atoms with E-state index in [2.05, 4.69) is 20.4 Å². The number of carbonyl (C=O) groups is 2. The maximum Gasteiger partial charge on any atom is 0.333 e. The fraction of sp³-hybridized carbons (Fsp3) is 0.348. The van der Waals surface area contributed by atoms with Gasteiger partial charge in [-0.3, -0.25) is 9.78 Å². The van der Waals surface area contributed by atoms with Gasteiger partial charge >= 0.3 is 6.03 Å². The second-order valence-corrected chi connectivity index (χ2v) is 9.28. The van der Waals surface area contributed by atoms with E-state index in [1.165, 1.54) is 4.90 Å². The summed E-state index contributed by atoms with van der Waals surface area (Å²) < 4.78 is 5.40. The molecule has 0 saturated carbocycles. The second-order valence-electron chi connectivity index (χ2n) is 9.28. The monoisotopic (exact) mass is 434 g/mol. The number of rotatable bonds is 5. The molecule has 0 aromatic carbocycles. The zero-order valence-corrected chi connectivity index (χ0v) is 18.8. The minimum Gasteiger partial charge on any atom is -0.359 e. The normalized spacial score (nSPS) is 16.0.